The van der Waals surface area contributed by atoms with E-state index in [1.807, 2.05) is 32.8 Å². The molecule has 1 rings (SSSR count). The zero-order chi connectivity index (χ0) is 13.9. The van der Waals surface area contributed by atoms with Crippen molar-refractivity contribution < 1.29 is 4.79 Å². The third-order valence-electron chi connectivity index (χ3n) is 2.35. The van der Waals surface area contributed by atoms with E-state index in [0.29, 0.717) is 23.8 Å². The largest absolute Gasteiger partial charge is 0.382 e. The fourth-order valence-corrected chi connectivity index (χ4v) is 2.34. The van der Waals surface area contributed by atoms with Crippen molar-refractivity contribution in [1.82, 2.24) is 9.88 Å². The Bertz CT molecular complexity index is 453. The Morgan fingerprint density at radius 1 is 1.50 bits per heavy atom. The summed E-state index contributed by atoms with van der Waals surface area (Å²) in [6.45, 7) is 8.84. The monoisotopic (exact) mass is 268 g/mol. The summed E-state index contributed by atoms with van der Waals surface area (Å²) in [4.78, 5) is 20.6. The number of nitrogen functional groups attached to an aromatic ring is 1. The van der Waals surface area contributed by atoms with Crippen LogP contribution in [0.25, 0.3) is 0 Å². The van der Waals surface area contributed by atoms with Crippen LogP contribution in [0.2, 0.25) is 0 Å². The molecular formula is C12H20N4OS. The first kappa shape index (κ1) is 14.5. The van der Waals surface area contributed by atoms with Gasteiger partial charge in [0.15, 0.2) is 5.13 Å². The molecule has 0 aliphatic heterocycles. The second kappa shape index (κ2) is 5.86. The molecule has 1 aromatic rings. The number of nitrogens with zero attached hydrogens (tertiary/aromatic N) is 3. The molecule has 5 nitrogen and oxygen atoms in total. The minimum absolute atomic E-state index is 0.0800. The fourth-order valence-electron chi connectivity index (χ4n) is 1.46. The lowest BCUT2D eigenvalue weighted by Gasteiger charge is -2.20. The Balaban J connectivity index is 2.98. The van der Waals surface area contributed by atoms with Crippen molar-refractivity contribution in [1.29, 1.82) is 0 Å². The molecule has 100 valence electrons. The number of amides is 1. The summed E-state index contributed by atoms with van der Waals surface area (Å²) in [5, 5.41) is 0.738. The number of thiazole rings is 1. The minimum atomic E-state index is -0.0800. The zero-order valence-corrected chi connectivity index (χ0v) is 12.2. The highest BCUT2D eigenvalue weighted by atomic mass is 32.1. The lowest BCUT2D eigenvalue weighted by atomic mass is 10.3. The molecule has 0 saturated heterocycles. The van der Waals surface area contributed by atoms with Crippen molar-refractivity contribution in [2.45, 2.75) is 13.8 Å². The van der Waals surface area contributed by atoms with Crippen molar-refractivity contribution in [3.05, 3.63) is 17.0 Å². The summed E-state index contributed by atoms with van der Waals surface area (Å²) in [6, 6.07) is 0. The molecule has 0 bridgehead atoms. The number of hydrogen-bond donors (Lipinski definition) is 1. The number of carbonyl (C=O) groups excluding carboxylic acids is 1. The van der Waals surface area contributed by atoms with E-state index in [2.05, 4.69) is 11.6 Å². The average Bonchev–Trinajstić information content (AvgIpc) is 2.67. The van der Waals surface area contributed by atoms with Gasteiger partial charge in [0.2, 0.25) is 0 Å². The van der Waals surface area contributed by atoms with Gasteiger partial charge in [0.1, 0.15) is 10.7 Å². The van der Waals surface area contributed by atoms with Crippen LogP contribution in [0.3, 0.4) is 0 Å². The number of nitrogens with two attached hydrogens (primary N) is 1. The number of aromatic nitrogens is 1. The van der Waals surface area contributed by atoms with Crippen LogP contribution < -0.4 is 10.6 Å². The lowest BCUT2D eigenvalue weighted by molar-refractivity contribution is 0.0784. The van der Waals surface area contributed by atoms with E-state index < -0.39 is 0 Å². The molecule has 18 heavy (non-hydrogen) atoms. The smallest absolute Gasteiger partial charge is 0.268 e. The van der Waals surface area contributed by atoms with E-state index in [9.17, 15) is 4.79 Å². The van der Waals surface area contributed by atoms with E-state index in [1.165, 1.54) is 11.3 Å². The van der Waals surface area contributed by atoms with Gasteiger partial charge < -0.3 is 15.5 Å². The molecule has 0 unspecified atom stereocenters. The molecule has 0 aliphatic carbocycles. The summed E-state index contributed by atoms with van der Waals surface area (Å²) in [5.74, 6) is 0.220. The number of rotatable bonds is 5. The Labute approximate surface area is 112 Å². The van der Waals surface area contributed by atoms with Crippen LogP contribution in [-0.4, -0.2) is 43.0 Å². The first-order chi connectivity index (χ1) is 8.36. The van der Waals surface area contributed by atoms with Gasteiger partial charge in [0, 0.05) is 27.2 Å². The van der Waals surface area contributed by atoms with Crippen LogP contribution in [0.5, 0.6) is 0 Å². The van der Waals surface area contributed by atoms with Crippen molar-refractivity contribution >= 4 is 28.2 Å². The number of likely N-dealkylation sites (N-methyl/N-ethyl adjacent to an activating group) is 1. The van der Waals surface area contributed by atoms with Gasteiger partial charge in [0.05, 0.1) is 0 Å². The second-order valence-corrected chi connectivity index (χ2v) is 5.36. The van der Waals surface area contributed by atoms with Crippen LogP contribution in [0, 0.1) is 0 Å². The molecule has 0 fully saturated rings. The van der Waals surface area contributed by atoms with Crippen LogP contribution in [-0.2, 0) is 0 Å². The van der Waals surface area contributed by atoms with Crippen molar-refractivity contribution in [2.24, 2.45) is 0 Å². The van der Waals surface area contributed by atoms with E-state index >= 15 is 0 Å². The van der Waals surface area contributed by atoms with Crippen molar-refractivity contribution in [2.75, 3.05) is 37.8 Å². The number of hydrogen-bond acceptors (Lipinski definition) is 5. The standard InChI is InChI=1S/C12H20N4OS/c1-6-16(7-8(2)3)11(17)9-10(13)14-12(18-9)15(4)5/h2,6-7,13H2,1,3-5H3. The molecule has 0 aromatic carbocycles. The third-order valence-corrected chi connectivity index (χ3v) is 3.58. The Morgan fingerprint density at radius 2 is 2.11 bits per heavy atom. The normalized spacial score (nSPS) is 10.2. The average molecular weight is 268 g/mol. The van der Waals surface area contributed by atoms with Crippen LogP contribution in [0.4, 0.5) is 10.9 Å². The molecule has 0 radical (unpaired) electrons. The van der Waals surface area contributed by atoms with Gasteiger partial charge in [-0.15, -0.1) is 0 Å². The molecule has 0 saturated carbocycles. The highest BCUT2D eigenvalue weighted by Gasteiger charge is 2.21. The highest BCUT2D eigenvalue weighted by molar-refractivity contribution is 7.18. The maximum atomic E-state index is 12.3. The molecule has 1 heterocycles. The van der Waals surface area contributed by atoms with E-state index in [1.54, 1.807) is 4.90 Å². The molecule has 1 amide bonds. The van der Waals surface area contributed by atoms with Gasteiger partial charge in [-0.1, -0.05) is 23.5 Å². The van der Waals surface area contributed by atoms with Gasteiger partial charge in [-0.05, 0) is 13.8 Å². The lowest BCUT2D eigenvalue weighted by Crippen LogP contribution is -2.32. The fraction of sp³-hybridized carbons (Fsp3) is 0.500. The Hall–Kier alpha value is -1.56. The van der Waals surface area contributed by atoms with Gasteiger partial charge in [-0.25, -0.2) is 4.98 Å². The highest BCUT2D eigenvalue weighted by Crippen LogP contribution is 2.28. The predicted molar refractivity (Wildman–Crippen MR) is 77.2 cm³/mol. The topological polar surface area (TPSA) is 62.5 Å². The molecule has 0 atom stereocenters. The number of anilines is 2. The van der Waals surface area contributed by atoms with Crippen LogP contribution >= 0.6 is 11.3 Å². The van der Waals surface area contributed by atoms with Crippen LogP contribution in [0.15, 0.2) is 12.2 Å². The molecular weight excluding hydrogens is 248 g/mol. The molecule has 6 heteroatoms. The quantitative estimate of drug-likeness (QED) is 0.828. The van der Waals surface area contributed by atoms with Gasteiger partial charge in [0.25, 0.3) is 5.91 Å². The summed E-state index contributed by atoms with van der Waals surface area (Å²) in [7, 11) is 3.75. The van der Waals surface area contributed by atoms with Gasteiger partial charge in [-0.2, -0.15) is 0 Å². The molecule has 0 aliphatic rings. The first-order valence-electron chi connectivity index (χ1n) is 5.74. The SMILES string of the molecule is C=C(C)CN(CC)C(=O)c1sc(N(C)C)nc1N. The van der Waals surface area contributed by atoms with Crippen molar-refractivity contribution in [3.63, 3.8) is 0 Å². The van der Waals surface area contributed by atoms with Gasteiger partial charge in [-0.3, -0.25) is 4.79 Å². The Morgan fingerprint density at radius 3 is 2.50 bits per heavy atom. The second-order valence-electron chi connectivity index (χ2n) is 4.38. The van der Waals surface area contributed by atoms with E-state index in [4.69, 9.17) is 5.73 Å². The minimum Gasteiger partial charge on any atom is -0.382 e. The third kappa shape index (κ3) is 3.22. The molecule has 1 aromatic heterocycles. The maximum absolute atomic E-state index is 12.3. The van der Waals surface area contributed by atoms with E-state index in [0.717, 1.165) is 10.7 Å². The summed E-state index contributed by atoms with van der Waals surface area (Å²) >= 11 is 1.32. The summed E-state index contributed by atoms with van der Waals surface area (Å²) in [6.07, 6.45) is 0. The number of carbonyl (C=O) groups is 1. The Kier molecular flexibility index (Phi) is 4.72. The van der Waals surface area contributed by atoms with E-state index in [-0.39, 0.29) is 5.91 Å². The summed E-state index contributed by atoms with van der Waals surface area (Å²) < 4.78 is 0. The van der Waals surface area contributed by atoms with Gasteiger partial charge >= 0.3 is 0 Å². The van der Waals surface area contributed by atoms with Crippen LogP contribution in [0.1, 0.15) is 23.5 Å². The van der Waals surface area contributed by atoms with Crippen molar-refractivity contribution in [3.8, 4) is 0 Å². The maximum Gasteiger partial charge on any atom is 0.268 e. The predicted octanol–water partition coefficient (Wildman–Crippen LogP) is 1.83. The zero-order valence-electron chi connectivity index (χ0n) is 11.4. The first-order valence-corrected chi connectivity index (χ1v) is 6.55. The molecule has 2 N–H and O–H groups in total. The molecule has 0 spiro atoms. The summed E-state index contributed by atoms with van der Waals surface area (Å²) in [5.41, 5.74) is 6.75.